The Bertz CT molecular complexity index is 569. The standard InChI is InChI=1S/C11H15NO6S/c1-12(5-6-13)19(16,17)10-7-8(11(14)15)3-4-9(10)18-2/h3-4,7,13H,5-6H2,1-2H3,(H,14,15). The van der Waals surface area contributed by atoms with E-state index < -0.39 is 16.0 Å². The Morgan fingerprint density at radius 1 is 1.42 bits per heavy atom. The van der Waals surface area contributed by atoms with Gasteiger partial charge in [0.15, 0.2) is 0 Å². The van der Waals surface area contributed by atoms with Crippen molar-refractivity contribution in [2.45, 2.75) is 4.90 Å². The molecule has 0 radical (unpaired) electrons. The largest absolute Gasteiger partial charge is 0.495 e. The Morgan fingerprint density at radius 3 is 2.53 bits per heavy atom. The molecule has 0 bridgehead atoms. The van der Waals surface area contributed by atoms with Crippen LogP contribution in [0.25, 0.3) is 0 Å². The highest BCUT2D eigenvalue weighted by molar-refractivity contribution is 7.89. The van der Waals surface area contributed by atoms with Gasteiger partial charge in [-0.3, -0.25) is 0 Å². The van der Waals surface area contributed by atoms with Gasteiger partial charge in [-0.25, -0.2) is 13.2 Å². The van der Waals surface area contributed by atoms with Gasteiger partial charge < -0.3 is 14.9 Å². The molecule has 2 N–H and O–H groups in total. The van der Waals surface area contributed by atoms with Crippen molar-refractivity contribution < 1.29 is 28.2 Å². The van der Waals surface area contributed by atoms with E-state index in [-0.39, 0.29) is 29.4 Å². The van der Waals surface area contributed by atoms with Crippen LogP contribution in [0.2, 0.25) is 0 Å². The number of carbonyl (C=O) groups is 1. The first kappa shape index (κ1) is 15.4. The zero-order chi connectivity index (χ0) is 14.6. The van der Waals surface area contributed by atoms with Gasteiger partial charge in [0.05, 0.1) is 19.3 Å². The van der Waals surface area contributed by atoms with Crippen LogP contribution in [0.4, 0.5) is 0 Å². The fourth-order valence-electron chi connectivity index (χ4n) is 1.44. The van der Waals surface area contributed by atoms with Crippen LogP contribution >= 0.6 is 0 Å². The van der Waals surface area contributed by atoms with Crippen molar-refractivity contribution >= 4 is 16.0 Å². The zero-order valence-corrected chi connectivity index (χ0v) is 11.3. The molecule has 0 aliphatic heterocycles. The van der Waals surface area contributed by atoms with Gasteiger partial charge in [0.25, 0.3) is 0 Å². The molecule has 0 aliphatic rings. The number of hydrogen-bond donors (Lipinski definition) is 2. The number of aromatic carboxylic acids is 1. The number of aliphatic hydroxyl groups is 1. The Balaban J connectivity index is 3.38. The van der Waals surface area contributed by atoms with Crippen LogP contribution in [0, 0.1) is 0 Å². The van der Waals surface area contributed by atoms with Crippen LogP contribution in [-0.4, -0.2) is 56.2 Å². The predicted octanol–water partition coefficient (Wildman–Crippen LogP) is 0.00620. The Kier molecular flexibility index (Phi) is 4.87. The number of carboxylic acid groups (broad SMARTS) is 1. The molecule has 0 amide bonds. The summed E-state index contributed by atoms with van der Waals surface area (Å²) in [5.74, 6) is -1.18. The molecule has 0 aromatic heterocycles. The molecule has 0 heterocycles. The van der Waals surface area contributed by atoms with Crippen molar-refractivity contribution in [2.24, 2.45) is 0 Å². The van der Waals surface area contributed by atoms with Crippen LogP contribution in [0.3, 0.4) is 0 Å². The van der Waals surface area contributed by atoms with E-state index in [4.69, 9.17) is 14.9 Å². The quantitative estimate of drug-likeness (QED) is 0.764. The summed E-state index contributed by atoms with van der Waals surface area (Å²) in [5.41, 5.74) is -0.156. The van der Waals surface area contributed by atoms with Gasteiger partial charge in [0.2, 0.25) is 10.0 Å². The average molecular weight is 289 g/mol. The highest BCUT2D eigenvalue weighted by Crippen LogP contribution is 2.27. The summed E-state index contributed by atoms with van der Waals surface area (Å²) < 4.78 is 30.3. The molecule has 0 aliphatic carbocycles. The number of benzene rings is 1. The third kappa shape index (κ3) is 3.22. The van der Waals surface area contributed by atoms with Crippen molar-refractivity contribution in [1.29, 1.82) is 0 Å². The summed E-state index contributed by atoms with van der Waals surface area (Å²) >= 11 is 0. The molecule has 19 heavy (non-hydrogen) atoms. The molecule has 8 heteroatoms. The normalized spacial score (nSPS) is 11.6. The molecule has 0 unspecified atom stereocenters. The van der Waals surface area contributed by atoms with E-state index in [1.165, 1.54) is 26.3 Å². The summed E-state index contributed by atoms with van der Waals surface area (Å²) in [6, 6.07) is 3.57. The average Bonchev–Trinajstić information content (AvgIpc) is 2.38. The summed E-state index contributed by atoms with van der Waals surface area (Å²) in [4.78, 5) is 10.6. The van der Waals surface area contributed by atoms with Crippen molar-refractivity contribution in [3.63, 3.8) is 0 Å². The summed E-state index contributed by atoms with van der Waals surface area (Å²) in [7, 11) is -1.33. The minimum absolute atomic E-state index is 0.0507. The molecule has 1 aromatic rings. The Morgan fingerprint density at radius 2 is 2.05 bits per heavy atom. The van der Waals surface area contributed by atoms with Gasteiger partial charge in [-0.1, -0.05) is 0 Å². The maximum absolute atomic E-state index is 12.2. The number of carboxylic acids is 1. The molecule has 1 aromatic carbocycles. The molecular formula is C11H15NO6S. The number of nitrogens with zero attached hydrogens (tertiary/aromatic N) is 1. The van der Waals surface area contributed by atoms with Crippen LogP contribution in [0.5, 0.6) is 5.75 Å². The van der Waals surface area contributed by atoms with Crippen molar-refractivity contribution in [2.75, 3.05) is 27.3 Å². The highest BCUT2D eigenvalue weighted by Gasteiger charge is 2.25. The lowest BCUT2D eigenvalue weighted by Crippen LogP contribution is -2.30. The van der Waals surface area contributed by atoms with Crippen molar-refractivity contribution in [3.05, 3.63) is 23.8 Å². The fourth-order valence-corrected chi connectivity index (χ4v) is 2.78. The summed E-state index contributed by atoms with van der Waals surface area (Å²) in [6.07, 6.45) is 0. The summed E-state index contributed by atoms with van der Waals surface area (Å²) in [6.45, 7) is -0.431. The van der Waals surface area contributed by atoms with Crippen LogP contribution < -0.4 is 4.74 Å². The second-order valence-corrected chi connectivity index (χ2v) is 5.73. The first-order valence-corrected chi connectivity index (χ1v) is 6.77. The molecule has 0 spiro atoms. The number of rotatable bonds is 6. The monoisotopic (exact) mass is 289 g/mol. The van der Waals surface area contributed by atoms with E-state index in [2.05, 4.69) is 0 Å². The zero-order valence-electron chi connectivity index (χ0n) is 10.5. The molecule has 0 atom stereocenters. The fraction of sp³-hybridized carbons (Fsp3) is 0.364. The molecule has 1 rings (SSSR count). The van der Waals surface area contributed by atoms with Gasteiger partial charge in [-0.15, -0.1) is 0 Å². The van der Waals surface area contributed by atoms with E-state index in [0.29, 0.717) is 0 Å². The van der Waals surface area contributed by atoms with Crippen molar-refractivity contribution in [3.8, 4) is 5.75 Å². The number of sulfonamides is 1. The van der Waals surface area contributed by atoms with E-state index in [1.54, 1.807) is 0 Å². The smallest absolute Gasteiger partial charge is 0.335 e. The topological polar surface area (TPSA) is 104 Å². The SMILES string of the molecule is COc1ccc(C(=O)O)cc1S(=O)(=O)N(C)CCO. The maximum atomic E-state index is 12.2. The van der Waals surface area contributed by atoms with Gasteiger partial charge in [0, 0.05) is 13.6 Å². The van der Waals surface area contributed by atoms with Gasteiger partial charge >= 0.3 is 5.97 Å². The van der Waals surface area contributed by atoms with E-state index >= 15 is 0 Å². The molecule has 106 valence electrons. The molecule has 0 saturated heterocycles. The minimum Gasteiger partial charge on any atom is -0.495 e. The second-order valence-electron chi connectivity index (χ2n) is 3.72. The lowest BCUT2D eigenvalue weighted by Gasteiger charge is -2.18. The van der Waals surface area contributed by atoms with E-state index in [9.17, 15) is 13.2 Å². The first-order chi connectivity index (χ1) is 8.84. The predicted molar refractivity (Wildman–Crippen MR) is 66.9 cm³/mol. The lowest BCUT2D eigenvalue weighted by atomic mass is 10.2. The number of ether oxygens (including phenoxy) is 1. The van der Waals surface area contributed by atoms with Crippen molar-refractivity contribution in [1.82, 2.24) is 4.31 Å². The molecular weight excluding hydrogens is 274 g/mol. The first-order valence-electron chi connectivity index (χ1n) is 5.33. The molecule has 0 fully saturated rings. The van der Waals surface area contributed by atoms with Gasteiger partial charge in [-0.2, -0.15) is 4.31 Å². The highest BCUT2D eigenvalue weighted by atomic mass is 32.2. The molecule has 7 nitrogen and oxygen atoms in total. The summed E-state index contributed by atoms with van der Waals surface area (Å²) in [5, 5.41) is 17.7. The molecule has 0 saturated carbocycles. The van der Waals surface area contributed by atoms with E-state index in [0.717, 1.165) is 10.4 Å². The van der Waals surface area contributed by atoms with Crippen LogP contribution in [0.1, 0.15) is 10.4 Å². The third-order valence-electron chi connectivity index (χ3n) is 2.51. The third-order valence-corrected chi connectivity index (χ3v) is 4.39. The second kappa shape index (κ2) is 6.00. The maximum Gasteiger partial charge on any atom is 0.335 e. The number of methoxy groups -OCH3 is 1. The lowest BCUT2D eigenvalue weighted by molar-refractivity contribution is 0.0696. The number of hydrogen-bond acceptors (Lipinski definition) is 5. The van der Waals surface area contributed by atoms with Crippen LogP contribution in [0.15, 0.2) is 23.1 Å². The van der Waals surface area contributed by atoms with Crippen LogP contribution in [-0.2, 0) is 10.0 Å². The number of aliphatic hydroxyl groups excluding tert-OH is 1. The van der Waals surface area contributed by atoms with Gasteiger partial charge in [-0.05, 0) is 18.2 Å². The van der Waals surface area contributed by atoms with Gasteiger partial charge in [0.1, 0.15) is 10.6 Å². The minimum atomic E-state index is -3.91. The Labute approximate surface area is 111 Å². The Hall–Kier alpha value is -1.64. The van der Waals surface area contributed by atoms with E-state index in [1.807, 2.05) is 0 Å². The number of likely N-dealkylation sites (N-methyl/N-ethyl adjacent to an activating group) is 1.